The normalized spacial score (nSPS) is 12.3. The van der Waals surface area contributed by atoms with Gasteiger partial charge in [0.15, 0.2) is 0 Å². The number of aryl methyl sites for hydroxylation is 1. The molecule has 108 valence electrons. The number of benzene rings is 1. The van der Waals surface area contributed by atoms with E-state index in [4.69, 9.17) is 4.74 Å². The number of hydrogen-bond donors (Lipinski definition) is 0. The van der Waals surface area contributed by atoms with Gasteiger partial charge in [-0.15, -0.1) is 0 Å². The molecule has 5 heteroatoms. The van der Waals surface area contributed by atoms with E-state index in [1.165, 1.54) is 5.56 Å². The third-order valence-corrected chi connectivity index (χ3v) is 4.30. The maximum atomic E-state index is 5.42. The van der Waals surface area contributed by atoms with Gasteiger partial charge >= 0.3 is 0 Å². The van der Waals surface area contributed by atoms with Crippen molar-refractivity contribution in [2.45, 2.75) is 26.3 Å². The quantitative estimate of drug-likeness (QED) is 0.729. The molecule has 0 N–H and O–H groups in total. The fourth-order valence-electron chi connectivity index (χ4n) is 2.33. The summed E-state index contributed by atoms with van der Waals surface area (Å²) in [7, 11) is 1.72. The van der Waals surface area contributed by atoms with E-state index in [9.17, 15) is 0 Å². The summed E-state index contributed by atoms with van der Waals surface area (Å²) in [4.78, 5) is 4.36. The molecule has 2 aromatic rings. The summed E-state index contributed by atoms with van der Waals surface area (Å²) >= 11 is 3.61. The number of methoxy groups -OCH3 is 1. The molecule has 0 amide bonds. The minimum absolute atomic E-state index is 0.473. The zero-order chi connectivity index (χ0) is 14.4. The molecule has 0 spiro atoms. The molecule has 1 heterocycles. The number of rotatable bonds is 7. The van der Waals surface area contributed by atoms with Crippen LogP contribution in [0.25, 0.3) is 0 Å². The maximum absolute atomic E-state index is 5.42. The second kappa shape index (κ2) is 7.43. The molecular weight excluding hydrogens is 318 g/mol. The molecular formula is C15H20BrN3O. The van der Waals surface area contributed by atoms with Crippen molar-refractivity contribution in [2.75, 3.05) is 12.4 Å². The Morgan fingerprint density at radius 3 is 2.80 bits per heavy atom. The fraction of sp³-hybridized carbons (Fsp3) is 0.467. The molecule has 0 aliphatic heterocycles. The molecule has 4 nitrogen and oxygen atoms in total. The Kier molecular flexibility index (Phi) is 5.59. The van der Waals surface area contributed by atoms with Crippen LogP contribution in [0.3, 0.4) is 0 Å². The summed E-state index contributed by atoms with van der Waals surface area (Å²) in [5.41, 5.74) is 1.24. The predicted octanol–water partition coefficient (Wildman–Crippen LogP) is 3.10. The number of nitrogens with zero attached hydrogens (tertiary/aromatic N) is 3. The van der Waals surface area contributed by atoms with E-state index in [0.717, 1.165) is 36.3 Å². The molecule has 0 aliphatic rings. The molecule has 0 radical (unpaired) electrons. The van der Waals surface area contributed by atoms with Crippen LogP contribution < -0.4 is 4.74 Å². The minimum Gasteiger partial charge on any atom is -0.496 e. The Labute approximate surface area is 128 Å². The first-order valence-electron chi connectivity index (χ1n) is 6.83. The van der Waals surface area contributed by atoms with E-state index in [-0.39, 0.29) is 0 Å². The highest BCUT2D eigenvalue weighted by Gasteiger charge is 2.15. The van der Waals surface area contributed by atoms with Crippen molar-refractivity contribution >= 4 is 15.9 Å². The van der Waals surface area contributed by atoms with Gasteiger partial charge in [-0.25, -0.2) is 4.98 Å². The van der Waals surface area contributed by atoms with Crippen LogP contribution in [-0.2, 0) is 19.4 Å². The van der Waals surface area contributed by atoms with E-state index < -0.39 is 0 Å². The number of para-hydroxylation sites is 1. The summed E-state index contributed by atoms with van der Waals surface area (Å²) in [6.07, 6.45) is 3.51. The van der Waals surface area contributed by atoms with Gasteiger partial charge in [-0.3, -0.25) is 4.68 Å². The zero-order valence-electron chi connectivity index (χ0n) is 11.9. The van der Waals surface area contributed by atoms with E-state index in [2.05, 4.69) is 45.1 Å². The smallest absolute Gasteiger partial charge is 0.138 e. The van der Waals surface area contributed by atoms with Gasteiger partial charge in [0.2, 0.25) is 0 Å². The Morgan fingerprint density at radius 1 is 1.30 bits per heavy atom. The van der Waals surface area contributed by atoms with E-state index in [1.54, 1.807) is 13.4 Å². The van der Waals surface area contributed by atoms with Gasteiger partial charge in [0.25, 0.3) is 0 Å². The van der Waals surface area contributed by atoms with Crippen LogP contribution in [0.4, 0.5) is 0 Å². The molecule has 0 saturated carbocycles. The highest BCUT2D eigenvalue weighted by Crippen LogP contribution is 2.23. The lowest BCUT2D eigenvalue weighted by Crippen LogP contribution is -2.15. The lowest BCUT2D eigenvalue weighted by Gasteiger charge is -2.16. The van der Waals surface area contributed by atoms with Crippen molar-refractivity contribution in [1.29, 1.82) is 0 Å². The lowest BCUT2D eigenvalue weighted by atomic mass is 9.97. The summed E-state index contributed by atoms with van der Waals surface area (Å²) < 4.78 is 7.38. The SMILES string of the molecule is CCn1ncnc1CC(CBr)Cc1ccccc1OC. The average molecular weight is 338 g/mol. The van der Waals surface area contributed by atoms with Gasteiger partial charge in [0.1, 0.15) is 17.9 Å². The van der Waals surface area contributed by atoms with E-state index in [0.29, 0.717) is 5.92 Å². The largest absolute Gasteiger partial charge is 0.496 e. The number of alkyl halides is 1. The van der Waals surface area contributed by atoms with Gasteiger partial charge in [0, 0.05) is 18.3 Å². The first-order valence-corrected chi connectivity index (χ1v) is 7.95. The second-order valence-corrected chi connectivity index (χ2v) is 5.38. The Bertz CT molecular complexity index is 541. The van der Waals surface area contributed by atoms with Crippen LogP contribution in [0.2, 0.25) is 0 Å². The summed E-state index contributed by atoms with van der Waals surface area (Å²) in [5, 5.41) is 5.16. The molecule has 20 heavy (non-hydrogen) atoms. The van der Waals surface area contributed by atoms with E-state index in [1.807, 2.05) is 16.8 Å². The second-order valence-electron chi connectivity index (χ2n) is 4.73. The Balaban J connectivity index is 2.09. The molecule has 1 unspecified atom stereocenters. The molecule has 0 fully saturated rings. The maximum Gasteiger partial charge on any atom is 0.138 e. The Hall–Kier alpha value is -1.36. The van der Waals surface area contributed by atoms with Gasteiger partial charge in [-0.2, -0.15) is 5.10 Å². The number of aromatic nitrogens is 3. The molecule has 2 rings (SSSR count). The Morgan fingerprint density at radius 2 is 2.10 bits per heavy atom. The predicted molar refractivity (Wildman–Crippen MR) is 83.4 cm³/mol. The monoisotopic (exact) mass is 337 g/mol. The third kappa shape index (κ3) is 3.60. The molecule has 1 aromatic carbocycles. The van der Waals surface area contributed by atoms with Gasteiger partial charge < -0.3 is 4.74 Å². The van der Waals surface area contributed by atoms with Crippen LogP contribution in [0.15, 0.2) is 30.6 Å². The molecule has 0 saturated heterocycles. The van der Waals surface area contributed by atoms with Crippen LogP contribution >= 0.6 is 15.9 Å². The van der Waals surface area contributed by atoms with Crippen molar-refractivity contribution in [2.24, 2.45) is 5.92 Å². The molecule has 0 aliphatic carbocycles. The van der Waals surface area contributed by atoms with Crippen molar-refractivity contribution in [1.82, 2.24) is 14.8 Å². The first kappa shape index (κ1) is 15.0. The van der Waals surface area contributed by atoms with Gasteiger partial charge in [-0.05, 0) is 30.9 Å². The lowest BCUT2D eigenvalue weighted by molar-refractivity contribution is 0.405. The highest BCUT2D eigenvalue weighted by atomic mass is 79.9. The standard InChI is InChI=1S/C15H20BrN3O/c1-3-19-15(17-11-18-19)9-12(10-16)8-13-6-4-5-7-14(13)20-2/h4-7,11-12H,3,8-10H2,1-2H3. The fourth-order valence-corrected chi connectivity index (χ4v) is 2.79. The summed E-state index contributed by atoms with van der Waals surface area (Å²) in [6.45, 7) is 2.94. The number of hydrogen-bond acceptors (Lipinski definition) is 3. The summed E-state index contributed by atoms with van der Waals surface area (Å²) in [5.74, 6) is 2.48. The zero-order valence-corrected chi connectivity index (χ0v) is 13.5. The third-order valence-electron chi connectivity index (χ3n) is 3.39. The van der Waals surface area contributed by atoms with Crippen LogP contribution in [0.5, 0.6) is 5.75 Å². The first-order chi connectivity index (χ1) is 9.78. The topological polar surface area (TPSA) is 39.9 Å². The van der Waals surface area contributed by atoms with Crippen molar-refractivity contribution in [3.8, 4) is 5.75 Å². The number of halogens is 1. The van der Waals surface area contributed by atoms with Crippen LogP contribution in [0, 0.1) is 5.92 Å². The van der Waals surface area contributed by atoms with Crippen molar-refractivity contribution < 1.29 is 4.74 Å². The molecule has 1 aromatic heterocycles. The van der Waals surface area contributed by atoms with Gasteiger partial charge in [-0.1, -0.05) is 34.1 Å². The number of ether oxygens (including phenoxy) is 1. The molecule has 0 bridgehead atoms. The van der Waals surface area contributed by atoms with E-state index >= 15 is 0 Å². The highest BCUT2D eigenvalue weighted by molar-refractivity contribution is 9.09. The van der Waals surface area contributed by atoms with Crippen LogP contribution in [0.1, 0.15) is 18.3 Å². The van der Waals surface area contributed by atoms with Crippen molar-refractivity contribution in [3.05, 3.63) is 42.0 Å². The van der Waals surface area contributed by atoms with Crippen LogP contribution in [-0.4, -0.2) is 27.2 Å². The van der Waals surface area contributed by atoms with Crippen molar-refractivity contribution in [3.63, 3.8) is 0 Å². The minimum atomic E-state index is 0.473. The molecule has 1 atom stereocenters. The summed E-state index contributed by atoms with van der Waals surface area (Å²) in [6, 6.07) is 8.19. The average Bonchev–Trinajstić information content (AvgIpc) is 2.94. The van der Waals surface area contributed by atoms with Gasteiger partial charge in [0.05, 0.1) is 7.11 Å².